The summed E-state index contributed by atoms with van der Waals surface area (Å²) in [5, 5.41) is 29.3. The Labute approximate surface area is 77.5 Å². The van der Waals surface area contributed by atoms with Gasteiger partial charge >= 0.3 is 0 Å². The predicted octanol–water partition coefficient (Wildman–Crippen LogP) is -1.27. The van der Waals surface area contributed by atoms with E-state index in [1.807, 2.05) is 6.92 Å². The number of nitrogens with zero attached hydrogens (tertiary/aromatic N) is 1. The van der Waals surface area contributed by atoms with E-state index < -0.39 is 18.3 Å². The molecule has 0 aromatic heterocycles. The highest BCUT2D eigenvalue weighted by Crippen LogP contribution is 2.11. The fourth-order valence-electron chi connectivity index (χ4n) is 1.29. The van der Waals surface area contributed by atoms with Crippen molar-refractivity contribution in [2.24, 2.45) is 0 Å². The van der Waals surface area contributed by atoms with E-state index in [1.54, 1.807) is 0 Å². The average molecular weight is 191 g/mol. The van der Waals surface area contributed by atoms with Crippen LogP contribution in [0.3, 0.4) is 0 Å². The third-order valence-electron chi connectivity index (χ3n) is 2.05. The third kappa shape index (κ3) is 2.89. The molecule has 78 valence electrons. The molecule has 1 saturated heterocycles. The molecule has 2 atom stereocenters. The van der Waals surface area contributed by atoms with Gasteiger partial charge in [-0.25, -0.2) is 0 Å². The summed E-state index contributed by atoms with van der Waals surface area (Å²) >= 11 is 0. The summed E-state index contributed by atoms with van der Waals surface area (Å²) in [6, 6.07) is 0. The van der Waals surface area contributed by atoms with Crippen molar-refractivity contribution in [1.29, 1.82) is 0 Å². The van der Waals surface area contributed by atoms with Crippen LogP contribution in [-0.2, 0) is 4.84 Å². The van der Waals surface area contributed by atoms with Crippen LogP contribution in [0.5, 0.6) is 0 Å². The third-order valence-corrected chi connectivity index (χ3v) is 2.05. The van der Waals surface area contributed by atoms with Gasteiger partial charge in [-0.2, -0.15) is 5.06 Å². The van der Waals surface area contributed by atoms with Crippen LogP contribution in [-0.4, -0.2) is 58.4 Å². The average Bonchev–Trinajstić information content (AvgIpc) is 2.10. The molecular formula is C8H17NO4. The molecule has 1 aliphatic rings. The fourth-order valence-corrected chi connectivity index (χ4v) is 1.29. The molecule has 13 heavy (non-hydrogen) atoms. The number of aliphatic hydroxyl groups is 3. The normalized spacial score (nSPS) is 36.5. The highest BCUT2D eigenvalue weighted by Gasteiger charge is 2.33. The maximum Gasteiger partial charge on any atom is 0.108 e. The van der Waals surface area contributed by atoms with Gasteiger partial charge in [0.25, 0.3) is 0 Å². The molecule has 1 aliphatic heterocycles. The number of hydrogen-bond acceptors (Lipinski definition) is 5. The van der Waals surface area contributed by atoms with Crippen LogP contribution < -0.4 is 0 Å². The first-order valence-corrected chi connectivity index (χ1v) is 4.57. The van der Waals surface area contributed by atoms with Gasteiger partial charge in [0.05, 0.1) is 31.9 Å². The highest BCUT2D eigenvalue weighted by molar-refractivity contribution is 4.83. The summed E-state index contributed by atoms with van der Waals surface area (Å²) in [6.45, 7) is 3.04. The molecule has 1 rings (SSSR count). The lowest BCUT2D eigenvalue weighted by molar-refractivity contribution is -0.232. The molecule has 5 heteroatoms. The molecule has 0 saturated carbocycles. The van der Waals surface area contributed by atoms with E-state index in [0.29, 0.717) is 6.61 Å². The van der Waals surface area contributed by atoms with E-state index >= 15 is 0 Å². The minimum absolute atomic E-state index is 0.248. The van der Waals surface area contributed by atoms with Crippen molar-refractivity contribution in [2.45, 2.75) is 31.7 Å². The van der Waals surface area contributed by atoms with Crippen LogP contribution in [0.15, 0.2) is 0 Å². The van der Waals surface area contributed by atoms with Gasteiger partial charge in [0.1, 0.15) is 6.10 Å². The first kappa shape index (κ1) is 10.9. The predicted molar refractivity (Wildman–Crippen MR) is 45.8 cm³/mol. The highest BCUT2D eigenvalue weighted by atomic mass is 16.7. The quantitative estimate of drug-likeness (QED) is 0.518. The molecule has 0 aromatic carbocycles. The molecule has 0 aromatic rings. The monoisotopic (exact) mass is 191 g/mol. The second-order valence-corrected chi connectivity index (χ2v) is 3.31. The van der Waals surface area contributed by atoms with Gasteiger partial charge in [0.2, 0.25) is 0 Å². The van der Waals surface area contributed by atoms with E-state index in [9.17, 15) is 15.3 Å². The number of hydroxylamine groups is 2. The zero-order chi connectivity index (χ0) is 9.84. The Kier molecular flexibility index (Phi) is 4.08. The van der Waals surface area contributed by atoms with Crippen LogP contribution >= 0.6 is 0 Å². The SMILES string of the molecule is CCCON1CC(O)C(O)C(O)C1. The standard InChI is InChI=1S/C8H17NO4/c1-2-3-13-9-4-6(10)8(12)7(11)5-9/h6-8,10-12H,2-5H2,1H3. The van der Waals surface area contributed by atoms with Crippen LogP contribution in [0.2, 0.25) is 0 Å². The molecule has 1 heterocycles. The minimum Gasteiger partial charge on any atom is -0.389 e. The molecule has 1 fully saturated rings. The summed E-state index contributed by atoms with van der Waals surface area (Å²) in [6.07, 6.45) is -2.03. The molecule has 3 N–H and O–H groups in total. The van der Waals surface area contributed by atoms with E-state index in [2.05, 4.69) is 0 Å². The summed E-state index contributed by atoms with van der Waals surface area (Å²) in [5.74, 6) is 0. The Morgan fingerprint density at radius 3 is 2.23 bits per heavy atom. The molecular weight excluding hydrogens is 174 g/mol. The van der Waals surface area contributed by atoms with Gasteiger partial charge in [0.15, 0.2) is 0 Å². The van der Waals surface area contributed by atoms with Gasteiger partial charge in [-0.1, -0.05) is 6.92 Å². The Bertz CT molecular complexity index is 143. The fraction of sp³-hybridized carbons (Fsp3) is 1.00. The van der Waals surface area contributed by atoms with Gasteiger partial charge < -0.3 is 15.3 Å². The molecule has 2 unspecified atom stereocenters. The summed E-state index contributed by atoms with van der Waals surface area (Å²) in [7, 11) is 0. The zero-order valence-electron chi connectivity index (χ0n) is 7.76. The Balaban J connectivity index is 2.35. The van der Waals surface area contributed by atoms with Crippen LogP contribution in [0, 0.1) is 0 Å². The number of hydrogen-bond donors (Lipinski definition) is 3. The Morgan fingerprint density at radius 2 is 1.77 bits per heavy atom. The maximum absolute atomic E-state index is 9.29. The van der Waals surface area contributed by atoms with Gasteiger partial charge in [-0.05, 0) is 6.42 Å². The van der Waals surface area contributed by atoms with Crippen molar-refractivity contribution in [3.05, 3.63) is 0 Å². The smallest absolute Gasteiger partial charge is 0.108 e. The molecule has 0 amide bonds. The first-order chi connectivity index (χ1) is 6.15. The molecule has 0 aliphatic carbocycles. The summed E-state index contributed by atoms with van der Waals surface area (Å²) in [4.78, 5) is 5.22. The van der Waals surface area contributed by atoms with E-state index in [4.69, 9.17) is 4.84 Å². The van der Waals surface area contributed by atoms with Gasteiger partial charge in [0, 0.05) is 0 Å². The second-order valence-electron chi connectivity index (χ2n) is 3.31. The van der Waals surface area contributed by atoms with E-state index in [-0.39, 0.29) is 13.1 Å². The zero-order valence-corrected chi connectivity index (χ0v) is 7.76. The Morgan fingerprint density at radius 1 is 1.23 bits per heavy atom. The molecule has 0 spiro atoms. The second kappa shape index (κ2) is 4.88. The molecule has 0 radical (unpaired) electrons. The van der Waals surface area contributed by atoms with Gasteiger partial charge in [-0.15, -0.1) is 0 Å². The van der Waals surface area contributed by atoms with Crippen LogP contribution in [0.1, 0.15) is 13.3 Å². The molecule has 0 bridgehead atoms. The summed E-state index contributed by atoms with van der Waals surface area (Å²) in [5.41, 5.74) is 0. The summed E-state index contributed by atoms with van der Waals surface area (Å²) < 4.78 is 0. The minimum atomic E-state index is -1.05. The Hall–Kier alpha value is -0.200. The number of rotatable bonds is 3. The topological polar surface area (TPSA) is 73.2 Å². The van der Waals surface area contributed by atoms with Crippen LogP contribution in [0.25, 0.3) is 0 Å². The van der Waals surface area contributed by atoms with Gasteiger partial charge in [-0.3, -0.25) is 4.84 Å². The number of aliphatic hydroxyl groups excluding tert-OH is 3. The van der Waals surface area contributed by atoms with Crippen LogP contribution in [0.4, 0.5) is 0 Å². The van der Waals surface area contributed by atoms with Crippen molar-refractivity contribution in [3.8, 4) is 0 Å². The number of piperidine rings is 1. The lowest BCUT2D eigenvalue weighted by Crippen LogP contribution is -2.55. The lowest BCUT2D eigenvalue weighted by atomic mass is 10.0. The number of β-amino-alcohol motifs (C(OH)–C–C–N with tert-alkyl or cyclic N) is 2. The molecule has 5 nitrogen and oxygen atoms in total. The van der Waals surface area contributed by atoms with Crippen molar-refractivity contribution in [2.75, 3.05) is 19.7 Å². The van der Waals surface area contributed by atoms with Crippen molar-refractivity contribution >= 4 is 0 Å². The lowest BCUT2D eigenvalue weighted by Gasteiger charge is -2.35. The largest absolute Gasteiger partial charge is 0.389 e. The van der Waals surface area contributed by atoms with Crippen molar-refractivity contribution in [3.63, 3.8) is 0 Å². The first-order valence-electron chi connectivity index (χ1n) is 4.57. The maximum atomic E-state index is 9.29. The van der Waals surface area contributed by atoms with Crippen molar-refractivity contribution < 1.29 is 20.2 Å². The van der Waals surface area contributed by atoms with Crippen molar-refractivity contribution in [1.82, 2.24) is 5.06 Å². The van der Waals surface area contributed by atoms with E-state index in [1.165, 1.54) is 5.06 Å². The van der Waals surface area contributed by atoms with E-state index in [0.717, 1.165) is 6.42 Å².